The Morgan fingerprint density at radius 2 is 1.96 bits per heavy atom. The zero-order valence-corrected chi connectivity index (χ0v) is 15.2. The molecule has 1 N–H and O–H groups in total. The molecule has 1 aliphatic rings. The summed E-state index contributed by atoms with van der Waals surface area (Å²) in [6.07, 6.45) is 1.54. The first-order valence-corrected chi connectivity index (χ1v) is 8.30. The average Bonchev–Trinajstić information content (AvgIpc) is 2.86. The SMILES string of the molecule is CC1=NN(c2ccccc2)C(=O)/C1=C/c1cc(I)c(O)c([N+](=O)[O-])c1. The van der Waals surface area contributed by atoms with Gasteiger partial charge in [-0.3, -0.25) is 14.9 Å². The van der Waals surface area contributed by atoms with Crippen LogP contribution in [-0.4, -0.2) is 21.6 Å². The van der Waals surface area contributed by atoms with Crippen LogP contribution in [0.4, 0.5) is 11.4 Å². The van der Waals surface area contributed by atoms with Gasteiger partial charge in [-0.15, -0.1) is 0 Å². The third-order valence-corrected chi connectivity index (χ3v) is 4.46. The predicted molar refractivity (Wildman–Crippen MR) is 102 cm³/mol. The highest BCUT2D eigenvalue weighted by Gasteiger charge is 2.29. The minimum atomic E-state index is -0.660. The van der Waals surface area contributed by atoms with Crippen LogP contribution in [0.2, 0.25) is 0 Å². The second-order valence-corrected chi connectivity index (χ2v) is 6.49. The van der Waals surface area contributed by atoms with Gasteiger partial charge in [-0.1, -0.05) is 18.2 Å². The summed E-state index contributed by atoms with van der Waals surface area (Å²) in [4.78, 5) is 23.0. The quantitative estimate of drug-likeness (QED) is 0.335. The Bertz CT molecular complexity index is 938. The minimum absolute atomic E-state index is 0.311. The number of phenols is 1. The molecule has 7 nitrogen and oxygen atoms in total. The van der Waals surface area contributed by atoms with Gasteiger partial charge < -0.3 is 5.11 Å². The summed E-state index contributed by atoms with van der Waals surface area (Å²) in [5.74, 6) is -0.698. The number of carbonyl (C=O) groups is 1. The van der Waals surface area contributed by atoms with Crippen LogP contribution in [0.25, 0.3) is 6.08 Å². The van der Waals surface area contributed by atoms with Crippen molar-refractivity contribution in [3.05, 3.63) is 67.3 Å². The molecule has 0 fully saturated rings. The number of hydrogen-bond acceptors (Lipinski definition) is 5. The monoisotopic (exact) mass is 449 g/mol. The number of para-hydroxylation sites is 1. The second kappa shape index (κ2) is 6.63. The molecule has 0 aromatic heterocycles. The maximum absolute atomic E-state index is 12.6. The smallest absolute Gasteiger partial charge is 0.312 e. The van der Waals surface area contributed by atoms with Gasteiger partial charge in [-0.25, -0.2) is 0 Å². The number of hydrazone groups is 1. The van der Waals surface area contributed by atoms with E-state index < -0.39 is 10.6 Å². The van der Waals surface area contributed by atoms with E-state index in [-0.39, 0.29) is 11.7 Å². The first-order chi connectivity index (χ1) is 11.9. The Morgan fingerprint density at radius 1 is 1.28 bits per heavy atom. The summed E-state index contributed by atoms with van der Waals surface area (Å²) in [5.41, 5.74) is 1.54. The van der Waals surface area contributed by atoms with Crippen molar-refractivity contribution in [3.8, 4) is 5.75 Å². The fourth-order valence-electron chi connectivity index (χ4n) is 2.42. The lowest BCUT2D eigenvalue weighted by Gasteiger charge is -2.11. The predicted octanol–water partition coefficient (Wildman–Crippen LogP) is 3.71. The van der Waals surface area contributed by atoms with Gasteiger partial charge in [-0.05, 0) is 59.4 Å². The van der Waals surface area contributed by atoms with Gasteiger partial charge in [-0.2, -0.15) is 10.1 Å². The second-order valence-electron chi connectivity index (χ2n) is 5.32. The molecule has 0 atom stereocenters. The van der Waals surface area contributed by atoms with E-state index in [1.54, 1.807) is 43.3 Å². The van der Waals surface area contributed by atoms with Crippen LogP contribution in [0.15, 0.2) is 53.1 Å². The first kappa shape index (κ1) is 17.1. The van der Waals surface area contributed by atoms with Crippen LogP contribution in [0, 0.1) is 13.7 Å². The highest BCUT2D eigenvalue weighted by Crippen LogP contribution is 2.33. The third kappa shape index (κ3) is 3.25. The van der Waals surface area contributed by atoms with Gasteiger partial charge in [0.25, 0.3) is 5.91 Å². The number of nitrogens with zero attached hydrogens (tertiary/aromatic N) is 3. The summed E-state index contributed by atoms with van der Waals surface area (Å²) in [5, 5.41) is 26.4. The number of rotatable bonds is 3. The fraction of sp³-hybridized carbons (Fsp3) is 0.0588. The topological polar surface area (TPSA) is 96.0 Å². The van der Waals surface area contributed by atoms with Crippen molar-refractivity contribution in [2.24, 2.45) is 5.10 Å². The molecule has 0 saturated heterocycles. The normalized spacial score (nSPS) is 15.6. The van der Waals surface area contributed by atoms with Crippen LogP contribution in [-0.2, 0) is 4.79 Å². The molecule has 0 saturated carbocycles. The Kier molecular flexibility index (Phi) is 4.53. The standard InChI is InChI=1S/C17H12IN3O4/c1-10-13(17(23)20(19-10)12-5-3-2-4-6-12)7-11-8-14(18)16(22)15(9-11)21(24)25/h2-9,22H,1H3/b13-7+. The Morgan fingerprint density at radius 3 is 2.60 bits per heavy atom. The molecule has 3 rings (SSSR count). The lowest BCUT2D eigenvalue weighted by molar-refractivity contribution is -0.386. The average molecular weight is 449 g/mol. The van der Waals surface area contributed by atoms with E-state index in [9.17, 15) is 20.0 Å². The van der Waals surface area contributed by atoms with Crippen LogP contribution in [0.5, 0.6) is 5.75 Å². The van der Waals surface area contributed by atoms with Crippen molar-refractivity contribution < 1.29 is 14.8 Å². The molecule has 2 aromatic rings. The zero-order valence-electron chi connectivity index (χ0n) is 13.0. The van der Waals surface area contributed by atoms with Crippen molar-refractivity contribution in [1.29, 1.82) is 0 Å². The van der Waals surface area contributed by atoms with E-state index in [1.807, 2.05) is 28.7 Å². The van der Waals surface area contributed by atoms with Gasteiger partial charge in [0.15, 0.2) is 0 Å². The zero-order chi connectivity index (χ0) is 18.1. The molecule has 0 radical (unpaired) electrons. The highest BCUT2D eigenvalue weighted by molar-refractivity contribution is 14.1. The number of aromatic hydroxyl groups is 1. The van der Waals surface area contributed by atoms with Crippen molar-refractivity contribution in [2.75, 3.05) is 5.01 Å². The number of halogens is 1. The van der Waals surface area contributed by atoms with E-state index in [0.29, 0.717) is 26.1 Å². The maximum atomic E-state index is 12.6. The Labute approximate surface area is 156 Å². The van der Waals surface area contributed by atoms with Crippen LogP contribution < -0.4 is 5.01 Å². The fourth-order valence-corrected chi connectivity index (χ4v) is 3.06. The summed E-state index contributed by atoms with van der Waals surface area (Å²) < 4.78 is 0.332. The molecule has 25 heavy (non-hydrogen) atoms. The molecule has 8 heteroatoms. The number of phenolic OH excluding ortho intramolecular Hbond substituents is 1. The van der Waals surface area contributed by atoms with Crippen LogP contribution >= 0.6 is 22.6 Å². The van der Waals surface area contributed by atoms with Gasteiger partial charge in [0, 0.05) is 6.07 Å². The molecule has 2 aromatic carbocycles. The van der Waals surface area contributed by atoms with E-state index in [1.165, 1.54) is 11.1 Å². The number of benzene rings is 2. The summed E-state index contributed by atoms with van der Waals surface area (Å²) in [7, 11) is 0. The lowest BCUT2D eigenvalue weighted by Crippen LogP contribution is -2.21. The molecule has 0 aliphatic carbocycles. The molecule has 1 amide bonds. The number of amides is 1. The van der Waals surface area contributed by atoms with Gasteiger partial charge in [0.1, 0.15) is 0 Å². The van der Waals surface area contributed by atoms with Gasteiger partial charge in [0.05, 0.1) is 25.5 Å². The molecule has 1 heterocycles. The first-order valence-electron chi connectivity index (χ1n) is 7.22. The van der Waals surface area contributed by atoms with Crippen LogP contribution in [0.1, 0.15) is 12.5 Å². The van der Waals surface area contributed by atoms with Crippen molar-refractivity contribution in [2.45, 2.75) is 6.92 Å². The highest BCUT2D eigenvalue weighted by atomic mass is 127. The van der Waals surface area contributed by atoms with Crippen molar-refractivity contribution in [1.82, 2.24) is 0 Å². The number of nitro groups is 1. The summed E-state index contributed by atoms with van der Waals surface area (Å²) in [6.45, 7) is 1.70. The molecule has 0 spiro atoms. The number of carbonyl (C=O) groups excluding carboxylic acids is 1. The maximum Gasteiger partial charge on any atom is 0.312 e. The van der Waals surface area contributed by atoms with Crippen molar-refractivity contribution in [3.63, 3.8) is 0 Å². The van der Waals surface area contributed by atoms with Crippen LogP contribution in [0.3, 0.4) is 0 Å². The summed E-state index contributed by atoms with van der Waals surface area (Å²) >= 11 is 1.81. The molecule has 0 unspecified atom stereocenters. The van der Waals surface area contributed by atoms with E-state index in [4.69, 9.17) is 0 Å². The summed E-state index contributed by atoms with van der Waals surface area (Å²) in [6, 6.07) is 11.8. The number of anilines is 1. The van der Waals surface area contributed by atoms with Gasteiger partial charge in [0.2, 0.25) is 5.75 Å². The number of nitro benzene ring substituents is 1. The Hall–Kier alpha value is -2.75. The van der Waals surface area contributed by atoms with Crippen molar-refractivity contribution >= 4 is 51.7 Å². The minimum Gasteiger partial charge on any atom is -0.501 e. The van der Waals surface area contributed by atoms with E-state index in [2.05, 4.69) is 5.10 Å². The molecule has 1 aliphatic heterocycles. The largest absolute Gasteiger partial charge is 0.501 e. The Balaban J connectivity index is 2.02. The molecular formula is C17H12IN3O4. The van der Waals surface area contributed by atoms with Gasteiger partial charge >= 0.3 is 5.69 Å². The van der Waals surface area contributed by atoms with E-state index >= 15 is 0 Å². The number of hydrogen-bond donors (Lipinski definition) is 1. The third-order valence-electron chi connectivity index (χ3n) is 3.64. The van der Waals surface area contributed by atoms with E-state index in [0.717, 1.165) is 0 Å². The lowest BCUT2D eigenvalue weighted by atomic mass is 10.1. The molecule has 0 bridgehead atoms. The molecule has 126 valence electrons. The molecular weight excluding hydrogens is 437 g/mol.